The largest absolute Gasteiger partial charge is 0.389 e. The number of carbonyl (C=O) groups excluding carboxylic acids is 1. The molecule has 1 aromatic heterocycles. The highest BCUT2D eigenvalue weighted by Gasteiger charge is 2.43. The molecule has 2 saturated carbocycles. The molecule has 1 aliphatic heterocycles. The second-order valence-electron chi connectivity index (χ2n) is 13.0. The minimum Gasteiger partial charge on any atom is -0.389 e. The summed E-state index contributed by atoms with van der Waals surface area (Å²) in [4.78, 5) is 32.2. The summed E-state index contributed by atoms with van der Waals surface area (Å²) in [5.74, 6) is 0.734. The number of aliphatic hydroxyl groups is 1. The van der Waals surface area contributed by atoms with E-state index in [-0.39, 0.29) is 29.8 Å². The summed E-state index contributed by atoms with van der Waals surface area (Å²) >= 11 is 0. The SMILES string of the molecule is Cn1c(=O)c(CN(CC(c2ccccc2)C2(O)CCN(CC3CC3)CC2)C(=O)C2CCCCC2)cc2ccccc21. The van der Waals surface area contributed by atoms with Crippen LogP contribution < -0.4 is 5.56 Å². The molecule has 1 atom stereocenters. The Morgan fingerprint density at radius 3 is 2.37 bits per heavy atom. The van der Waals surface area contributed by atoms with Crippen molar-refractivity contribution in [3.63, 3.8) is 0 Å². The minimum atomic E-state index is -0.902. The Kier molecular flexibility index (Phi) is 8.32. The van der Waals surface area contributed by atoms with Crippen molar-refractivity contribution in [1.82, 2.24) is 14.4 Å². The van der Waals surface area contributed by atoms with Gasteiger partial charge in [0.25, 0.3) is 5.56 Å². The van der Waals surface area contributed by atoms with E-state index in [1.54, 1.807) is 4.57 Å². The Labute approximate surface area is 244 Å². The molecule has 3 aliphatic rings. The number of aryl methyl sites for hydroxylation is 1. The number of para-hydroxylation sites is 1. The Hall–Kier alpha value is -2.96. The Morgan fingerprint density at radius 2 is 1.66 bits per heavy atom. The number of likely N-dealkylation sites (tertiary alicyclic amines) is 1. The molecular weight excluding hydrogens is 510 g/mol. The maximum absolute atomic E-state index is 14.2. The standard InChI is InChI=1S/C35H45N3O3/c1-36-32-15-9-8-14-29(32)22-30(33(36)39)24-38(34(40)28-12-6-3-7-13-28)25-31(27-10-4-2-5-11-27)35(41)18-20-37(21-19-35)23-26-16-17-26/h2,4-5,8-11,14-15,22,26,28,31,41H,3,6-7,12-13,16-21,23-25H2,1H3. The topological polar surface area (TPSA) is 65.8 Å². The molecule has 41 heavy (non-hydrogen) atoms. The van der Waals surface area contributed by atoms with E-state index in [4.69, 9.17) is 0 Å². The molecular formula is C35H45N3O3. The molecule has 6 rings (SSSR count). The van der Waals surface area contributed by atoms with E-state index in [1.165, 1.54) is 19.3 Å². The van der Waals surface area contributed by atoms with E-state index in [2.05, 4.69) is 17.0 Å². The number of carbonyl (C=O) groups is 1. The van der Waals surface area contributed by atoms with Crippen molar-refractivity contribution in [3.8, 4) is 0 Å². The number of pyridine rings is 1. The molecule has 218 valence electrons. The van der Waals surface area contributed by atoms with Gasteiger partial charge in [0.1, 0.15) is 0 Å². The van der Waals surface area contributed by atoms with Gasteiger partial charge in [-0.3, -0.25) is 9.59 Å². The predicted octanol–water partition coefficient (Wildman–Crippen LogP) is 5.47. The van der Waals surface area contributed by atoms with Gasteiger partial charge in [0.05, 0.1) is 17.7 Å². The molecule has 1 amide bonds. The Morgan fingerprint density at radius 1 is 0.976 bits per heavy atom. The van der Waals surface area contributed by atoms with Crippen molar-refractivity contribution in [2.24, 2.45) is 18.9 Å². The normalized spacial score (nSPS) is 20.6. The second-order valence-corrected chi connectivity index (χ2v) is 13.0. The molecule has 6 nitrogen and oxygen atoms in total. The number of piperidine rings is 1. The van der Waals surface area contributed by atoms with Gasteiger partial charge >= 0.3 is 0 Å². The van der Waals surface area contributed by atoms with Crippen molar-refractivity contribution < 1.29 is 9.90 Å². The van der Waals surface area contributed by atoms with Gasteiger partial charge in [-0.1, -0.05) is 67.8 Å². The maximum Gasteiger partial charge on any atom is 0.255 e. The summed E-state index contributed by atoms with van der Waals surface area (Å²) in [6, 6.07) is 20.1. The molecule has 0 spiro atoms. The molecule has 2 aromatic carbocycles. The number of hydrogen-bond donors (Lipinski definition) is 1. The fourth-order valence-electron chi connectivity index (χ4n) is 7.28. The van der Waals surface area contributed by atoms with Crippen LogP contribution in [0.5, 0.6) is 0 Å². The molecule has 3 fully saturated rings. The molecule has 1 unspecified atom stereocenters. The van der Waals surface area contributed by atoms with Crippen LogP contribution in [0.15, 0.2) is 65.5 Å². The lowest BCUT2D eigenvalue weighted by Gasteiger charge is -2.45. The fraction of sp³-hybridized carbons (Fsp3) is 0.543. The highest BCUT2D eigenvalue weighted by molar-refractivity contribution is 5.81. The first-order chi connectivity index (χ1) is 19.9. The van der Waals surface area contributed by atoms with Crippen molar-refractivity contribution in [1.29, 1.82) is 0 Å². The summed E-state index contributed by atoms with van der Waals surface area (Å²) < 4.78 is 1.70. The molecule has 3 aromatic rings. The van der Waals surface area contributed by atoms with Crippen LogP contribution in [0.4, 0.5) is 0 Å². The summed E-state index contributed by atoms with van der Waals surface area (Å²) in [6.45, 7) is 3.59. The second kappa shape index (κ2) is 12.1. The lowest BCUT2D eigenvalue weighted by atomic mass is 9.75. The van der Waals surface area contributed by atoms with Crippen molar-refractivity contribution >= 4 is 16.8 Å². The first-order valence-electron chi connectivity index (χ1n) is 15.8. The van der Waals surface area contributed by atoms with Crippen LogP contribution in [-0.4, -0.2) is 57.2 Å². The number of fused-ring (bicyclic) bond motifs is 1. The van der Waals surface area contributed by atoms with Gasteiger partial charge in [-0.15, -0.1) is 0 Å². The smallest absolute Gasteiger partial charge is 0.255 e. The number of hydrogen-bond acceptors (Lipinski definition) is 4. The van der Waals surface area contributed by atoms with Gasteiger partial charge in [-0.25, -0.2) is 0 Å². The average Bonchev–Trinajstić information content (AvgIpc) is 3.83. The molecule has 1 saturated heterocycles. The lowest BCUT2D eigenvalue weighted by molar-refractivity contribution is -0.139. The highest BCUT2D eigenvalue weighted by atomic mass is 16.3. The Bertz CT molecular complexity index is 1400. The van der Waals surface area contributed by atoms with Crippen molar-refractivity contribution in [2.75, 3.05) is 26.2 Å². The molecule has 1 N–H and O–H groups in total. The van der Waals surface area contributed by atoms with E-state index >= 15 is 0 Å². The quantitative estimate of drug-likeness (QED) is 0.380. The van der Waals surface area contributed by atoms with Gasteiger partial charge in [0, 0.05) is 50.6 Å². The van der Waals surface area contributed by atoms with Crippen LogP contribution in [0, 0.1) is 11.8 Å². The van der Waals surface area contributed by atoms with E-state index in [9.17, 15) is 14.7 Å². The average molecular weight is 556 g/mol. The van der Waals surface area contributed by atoms with Gasteiger partial charge in [-0.05, 0) is 67.5 Å². The molecule has 2 aliphatic carbocycles. The third kappa shape index (κ3) is 6.29. The molecule has 0 radical (unpaired) electrons. The molecule has 2 heterocycles. The van der Waals surface area contributed by atoms with Gasteiger partial charge in [0.2, 0.25) is 5.91 Å². The van der Waals surface area contributed by atoms with Crippen LogP contribution in [0.25, 0.3) is 10.9 Å². The summed E-state index contributed by atoms with van der Waals surface area (Å²) in [7, 11) is 1.81. The van der Waals surface area contributed by atoms with E-state index in [0.29, 0.717) is 24.9 Å². The zero-order valence-electron chi connectivity index (χ0n) is 24.5. The summed E-state index contributed by atoms with van der Waals surface area (Å²) in [5, 5.41) is 13.3. The number of benzene rings is 2. The first kappa shape index (κ1) is 28.2. The van der Waals surface area contributed by atoms with Crippen LogP contribution in [-0.2, 0) is 18.4 Å². The maximum atomic E-state index is 14.2. The fourth-order valence-corrected chi connectivity index (χ4v) is 7.28. The number of aromatic nitrogens is 1. The van der Waals surface area contributed by atoms with Gasteiger partial charge < -0.3 is 19.5 Å². The summed E-state index contributed by atoms with van der Waals surface area (Å²) in [6.07, 6.45) is 9.20. The molecule has 0 bridgehead atoms. The van der Waals surface area contributed by atoms with Gasteiger partial charge in [0.15, 0.2) is 0 Å². The third-order valence-electron chi connectivity index (χ3n) is 10.0. The van der Waals surface area contributed by atoms with Crippen LogP contribution >= 0.6 is 0 Å². The first-order valence-corrected chi connectivity index (χ1v) is 15.8. The van der Waals surface area contributed by atoms with Crippen molar-refractivity contribution in [2.45, 2.75) is 75.9 Å². The minimum absolute atomic E-state index is 0.0143. The Balaban J connectivity index is 1.33. The monoisotopic (exact) mass is 555 g/mol. The highest BCUT2D eigenvalue weighted by Crippen LogP contribution is 2.40. The van der Waals surface area contributed by atoms with Crippen molar-refractivity contribution in [3.05, 3.63) is 82.1 Å². The zero-order chi connectivity index (χ0) is 28.4. The van der Waals surface area contributed by atoms with Crippen LogP contribution in [0.3, 0.4) is 0 Å². The molecule has 6 heteroatoms. The van der Waals surface area contributed by atoms with Crippen LogP contribution in [0.2, 0.25) is 0 Å². The number of rotatable bonds is 9. The van der Waals surface area contributed by atoms with Gasteiger partial charge in [-0.2, -0.15) is 0 Å². The third-order valence-corrected chi connectivity index (χ3v) is 10.0. The van der Waals surface area contributed by atoms with E-state index in [0.717, 1.165) is 67.7 Å². The lowest BCUT2D eigenvalue weighted by Crippen LogP contribution is -2.52. The number of amides is 1. The summed E-state index contributed by atoms with van der Waals surface area (Å²) in [5.41, 5.74) is 1.63. The van der Waals surface area contributed by atoms with Crippen LogP contribution in [0.1, 0.15) is 74.8 Å². The van der Waals surface area contributed by atoms with E-state index < -0.39 is 5.60 Å². The number of nitrogens with zero attached hydrogens (tertiary/aromatic N) is 3. The zero-order valence-corrected chi connectivity index (χ0v) is 24.5. The predicted molar refractivity (Wildman–Crippen MR) is 164 cm³/mol. The van der Waals surface area contributed by atoms with E-state index in [1.807, 2.05) is 60.5 Å².